The molecule has 0 unspecified atom stereocenters. The van der Waals surface area contributed by atoms with Crippen molar-refractivity contribution in [3.63, 3.8) is 0 Å². The van der Waals surface area contributed by atoms with Crippen LogP contribution < -0.4 is 14.8 Å². The van der Waals surface area contributed by atoms with E-state index in [0.29, 0.717) is 29.3 Å². The highest BCUT2D eigenvalue weighted by Crippen LogP contribution is 2.27. The van der Waals surface area contributed by atoms with Crippen molar-refractivity contribution in [2.75, 3.05) is 33.1 Å². The Balaban J connectivity index is 1.97. The fourth-order valence-corrected chi connectivity index (χ4v) is 2.47. The highest BCUT2D eigenvalue weighted by atomic mass is 16.5. The summed E-state index contributed by atoms with van der Waals surface area (Å²) in [5.74, 6) is 1.14. The van der Waals surface area contributed by atoms with Gasteiger partial charge in [0, 0.05) is 6.54 Å². The molecule has 0 spiro atoms. The van der Waals surface area contributed by atoms with Crippen LogP contribution in [0.3, 0.4) is 0 Å². The lowest BCUT2D eigenvalue weighted by atomic mass is 10.2. The minimum atomic E-state index is -0.175. The summed E-state index contributed by atoms with van der Waals surface area (Å²) in [4.78, 5) is 14.1. The highest BCUT2D eigenvalue weighted by molar-refractivity contribution is 5.93. The molecular weight excluding hydrogens is 318 g/mol. The number of methoxy groups -OCH3 is 2. The molecule has 2 aromatic rings. The highest BCUT2D eigenvalue weighted by Gasteiger charge is 2.11. The van der Waals surface area contributed by atoms with Crippen LogP contribution in [0.5, 0.6) is 11.5 Å². The van der Waals surface area contributed by atoms with Crippen LogP contribution in [0.1, 0.15) is 11.1 Å². The van der Waals surface area contributed by atoms with Crippen molar-refractivity contribution in [2.24, 2.45) is 0 Å². The fourth-order valence-electron chi connectivity index (χ4n) is 2.47. The SMILES string of the molecule is COc1ccc(CN(C)CC(=O)Nc2ccccc2C#N)cc1OC. The Morgan fingerprint density at radius 1 is 1.16 bits per heavy atom. The Bertz CT molecular complexity index is 784. The van der Waals surface area contributed by atoms with E-state index in [1.165, 1.54) is 0 Å². The van der Waals surface area contributed by atoms with Gasteiger partial charge in [-0.05, 0) is 36.9 Å². The van der Waals surface area contributed by atoms with E-state index in [4.69, 9.17) is 14.7 Å². The number of amides is 1. The number of hydrogen-bond acceptors (Lipinski definition) is 5. The summed E-state index contributed by atoms with van der Waals surface area (Å²) in [6.45, 7) is 0.780. The lowest BCUT2D eigenvalue weighted by Gasteiger charge is -2.17. The number of para-hydroxylation sites is 1. The lowest BCUT2D eigenvalue weighted by molar-refractivity contribution is -0.117. The number of benzene rings is 2. The first-order valence-corrected chi connectivity index (χ1v) is 7.75. The van der Waals surface area contributed by atoms with Gasteiger partial charge in [0.15, 0.2) is 11.5 Å². The molecule has 6 nitrogen and oxygen atoms in total. The van der Waals surface area contributed by atoms with Crippen LogP contribution in [-0.2, 0) is 11.3 Å². The van der Waals surface area contributed by atoms with E-state index in [-0.39, 0.29) is 12.5 Å². The minimum absolute atomic E-state index is 0.175. The molecule has 0 saturated carbocycles. The molecule has 2 aromatic carbocycles. The molecule has 0 atom stereocenters. The van der Waals surface area contributed by atoms with Crippen molar-refractivity contribution in [1.82, 2.24) is 4.90 Å². The van der Waals surface area contributed by atoms with Gasteiger partial charge in [-0.1, -0.05) is 18.2 Å². The van der Waals surface area contributed by atoms with Crippen LogP contribution in [0, 0.1) is 11.3 Å². The first-order chi connectivity index (χ1) is 12.1. The Hall–Kier alpha value is -3.04. The zero-order valence-electron chi connectivity index (χ0n) is 14.6. The minimum Gasteiger partial charge on any atom is -0.493 e. The van der Waals surface area contributed by atoms with E-state index in [1.54, 1.807) is 38.5 Å². The van der Waals surface area contributed by atoms with Gasteiger partial charge in [0.05, 0.1) is 32.0 Å². The number of ether oxygens (including phenoxy) is 2. The maximum atomic E-state index is 12.2. The number of anilines is 1. The molecule has 1 amide bonds. The maximum absolute atomic E-state index is 12.2. The van der Waals surface area contributed by atoms with Crippen molar-refractivity contribution in [1.29, 1.82) is 5.26 Å². The Labute approximate surface area is 147 Å². The van der Waals surface area contributed by atoms with E-state index in [0.717, 1.165) is 5.56 Å². The van der Waals surface area contributed by atoms with E-state index in [9.17, 15) is 4.79 Å². The van der Waals surface area contributed by atoms with Crippen LogP contribution in [-0.4, -0.2) is 38.6 Å². The summed E-state index contributed by atoms with van der Waals surface area (Å²) in [6, 6.07) is 14.6. The van der Waals surface area contributed by atoms with Crippen LogP contribution in [0.4, 0.5) is 5.69 Å². The van der Waals surface area contributed by atoms with Gasteiger partial charge in [-0.25, -0.2) is 0 Å². The third-order valence-electron chi connectivity index (χ3n) is 3.64. The van der Waals surface area contributed by atoms with E-state index < -0.39 is 0 Å². The van der Waals surface area contributed by atoms with Gasteiger partial charge >= 0.3 is 0 Å². The molecule has 6 heteroatoms. The molecule has 1 N–H and O–H groups in total. The fraction of sp³-hybridized carbons (Fsp3) is 0.263. The molecule has 130 valence electrons. The summed E-state index contributed by atoms with van der Waals surface area (Å²) in [7, 11) is 5.03. The number of hydrogen-bond donors (Lipinski definition) is 1. The van der Waals surface area contributed by atoms with Gasteiger partial charge in [-0.15, -0.1) is 0 Å². The number of nitrogens with zero attached hydrogens (tertiary/aromatic N) is 2. The second-order valence-corrected chi connectivity index (χ2v) is 5.57. The average molecular weight is 339 g/mol. The van der Waals surface area contributed by atoms with Crippen molar-refractivity contribution >= 4 is 11.6 Å². The number of carbonyl (C=O) groups excluding carboxylic acids is 1. The second-order valence-electron chi connectivity index (χ2n) is 5.57. The van der Waals surface area contributed by atoms with E-state index in [2.05, 4.69) is 11.4 Å². The molecule has 0 radical (unpaired) electrons. The van der Waals surface area contributed by atoms with Crippen molar-refractivity contribution in [3.05, 3.63) is 53.6 Å². The summed E-state index contributed by atoms with van der Waals surface area (Å²) in [5.41, 5.74) is 1.97. The zero-order chi connectivity index (χ0) is 18.2. The second kappa shape index (κ2) is 8.71. The smallest absolute Gasteiger partial charge is 0.238 e. The quantitative estimate of drug-likeness (QED) is 0.839. The van der Waals surface area contributed by atoms with Gasteiger partial charge in [0.2, 0.25) is 5.91 Å². The molecule has 0 aromatic heterocycles. The van der Waals surface area contributed by atoms with Crippen LogP contribution >= 0.6 is 0 Å². The summed E-state index contributed by atoms with van der Waals surface area (Å²) in [6.07, 6.45) is 0. The van der Waals surface area contributed by atoms with Crippen molar-refractivity contribution in [2.45, 2.75) is 6.54 Å². The first-order valence-electron chi connectivity index (χ1n) is 7.75. The number of rotatable bonds is 7. The first kappa shape index (κ1) is 18.3. The number of nitrogens with one attached hydrogen (secondary N) is 1. The predicted octanol–water partition coefficient (Wildman–Crippen LogP) is 2.65. The Morgan fingerprint density at radius 3 is 2.56 bits per heavy atom. The molecule has 0 aliphatic heterocycles. The van der Waals surface area contributed by atoms with Crippen molar-refractivity contribution < 1.29 is 14.3 Å². The molecule has 0 fully saturated rings. The monoisotopic (exact) mass is 339 g/mol. The van der Waals surface area contributed by atoms with Gasteiger partial charge in [-0.3, -0.25) is 9.69 Å². The molecule has 0 bridgehead atoms. The van der Waals surface area contributed by atoms with E-state index in [1.807, 2.05) is 30.1 Å². The molecule has 0 aliphatic rings. The van der Waals surface area contributed by atoms with Crippen molar-refractivity contribution in [3.8, 4) is 17.6 Å². The van der Waals surface area contributed by atoms with Gasteiger partial charge < -0.3 is 14.8 Å². The summed E-state index contributed by atoms with van der Waals surface area (Å²) < 4.78 is 10.5. The van der Waals surface area contributed by atoms with Crippen LogP contribution in [0.25, 0.3) is 0 Å². The van der Waals surface area contributed by atoms with Crippen LogP contribution in [0.15, 0.2) is 42.5 Å². The largest absolute Gasteiger partial charge is 0.493 e. The molecule has 25 heavy (non-hydrogen) atoms. The molecule has 0 aliphatic carbocycles. The normalized spacial score (nSPS) is 10.2. The molecule has 2 rings (SSSR count). The molecule has 0 heterocycles. The number of nitriles is 1. The Kier molecular flexibility index (Phi) is 6.38. The maximum Gasteiger partial charge on any atom is 0.238 e. The predicted molar refractivity (Wildman–Crippen MR) is 95.7 cm³/mol. The molecule has 0 saturated heterocycles. The summed E-state index contributed by atoms with van der Waals surface area (Å²) >= 11 is 0. The number of carbonyl (C=O) groups is 1. The third-order valence-corrected chi connectivity index (χ3v) is 3.64. The third kappa shape index (κ3) is 4.96. The van der Waals surface area contributed by atoms with Gasteiger partial charge in [-0.2, -0.15) is 5.26 Å². The standard InChI is InChI=1S/C19H21N3O3/c1-22(12-14-8-9-17(24-2)18(10-14)25-3)13-19(23)21-16-7-5-4-6-15(16)11-20/h4-10H,12-13H2,1-3H3,(H,21,23). The lowest BCUT2D eigenvalue weighted by Crippen LogP contribution is -2.30. The molecular formula is C19H21N3O3. The van der Waals surface area contributed by atoms with Gasteiger partial charge in [0.1, 0.15) is 6.07 Å². The van der Waals surface area contributed by atoms with Gasteiger partial charge in [0.25, 0.3) is 0 Å². The van der Waals surface area contributed by atoms with E-state index >= 15 is 0 Å². The topological polar surface area (TPSA) is 74.6 Å². The zero-order valence-corrected chi connectivity index (χ0v) is 14.6. The Morgan fingerprint density at radius 2 is 1.88 bits per heavy atom. The number of likely N-dealkylation sites (N-methyl/N-ethyl adjacent to an activating group) is 1. The summed E-state index contributed by atoms with van der Waals surface area (Å²) in [5, 5.41) is 11.8. The van der Waals surface area contributed by atoms with Crippen LogP contribution in [0.2, 0.25) is 0 Å². The average Bonchev–Trinajstić information content (AvgIpc) is 2.61.